The number of anilines is 1. The van der Waals surface area contributed by atoms with Crippen LogP contribution >= 0.6 is 0 Å². The van der Waals surface area contributed by atoms with E-state index in [-0.39, 0.29) is 10.7 Å². The average Bonchev–Trinajstić information content (AvgIpc) is 3.13. The van der Waals surface area contributed by atoms with E-state index in [0.29, 0.717) is 28.8 Å². The lowest BCUT2D eigenvalue weighted by atomic mass is 10.0. The highest BCUT2D eigenvalue weighted by Gasteiger charge is 2.19. The van der Waals surface area contributed by atoms with Crippen molar-refractivity contribution < 1.29 is 12.8 Å². The Kier molecular flexibility index (Phi) is 5.30. The molecule has 0 amide bonds. The molecule has 0 saturated carbocycles. The largest absolute Gasteiger partial charge is 0.460 e. The number of hydrogen-bond donors (Lipinski definition) is 3. The molecule has 0 aliphatic carbocycles. The van der Waals surface area contributed by atoms with Crippen molar-refractivity contribution in [2.75, 3.05) is 4.72 Å². The lowest BCUT2D eigenvalue weighted by Crippen LogP contribution is -2.13. The van der Waals surface area contributed by atoms with E-state index in [1.807, 2.05) is 49.4 Å². The van der Waals surface area contributed by atoms with Crippen LogP contribution in [0, 0.1) is 12.3 Å². The van der Waals surface area contributed by atoms with Crippen molar-refractivity contribution in [2.24, 2.45) is 5.73 Å². The molecule has 2 aromatic heterocycles. The second-order valence-corrected chi connectivity index (χ2v) is 9.74. The van der Waals surface area contributed by atoms with Crippen molar-refractivity contribution in [3.8, 4) is 0 Å². The molecule has 170 valence electrons. The molecule has 5 rings (SSSR count). The number of aromatic nitrogens is 1. The van der Waals surface area contributed by atoms with Crippen molar-refractivity contribution in [3.05, 3.63) is 101 Å². The van der Waals surface area contributed by atoms with Crippen LogP contribution in [0.2, 0.25) is 0 Å². The summed E-state index contributed by atoms with van der Waals surface area (Å²) in [6.45, 7) is 1.98. The molecule has 7 nitrogen and oxygen atoms in total. The van der Waals surface area contributed by atoms with Gasteiger partial charge in [0.05, 0.1) is 11.2 Å². The number of nitrogen functional groups attached to an aromatic ring is 1. The highest BCUT2D eigenvalue weighted by Crippen LogP contribution is 2.31. The summed E-state index contributed by atoms with van der Waals surface area (Å²) in [4.78, 5) is 4.37. The second kappa shape index (κ2) is 8.31. The van der Waals surface area contributed by atoms with Gasteiger partial charge in [0.15, 0.2) is 0 Å². The first-order valence-electron chi connectivity index (χ1n) is 10.6. The van der Waals surface area contributed by atoms with E-state index >= 15 is 0 Å². The van der Waals surface area contributed by atoms with E-state index in [1.54, 1.807) is 36.5 Å². The number of furan rings is 1. The predicted octanol–water partition coefficient (Wildman–Crippen LogP) is 4.97. The van der Waals surface area contributed by atoms with Gasteiger partial charge < -0.3 is 10.2 Å². The number of aryl methyl sites for hydroxylation is 1. The Morgan fingerprint density at radius 2 is 1.82 bits per heavy atom. The number of nitrogens with zero attached hydrogens (tertiary/aromatic N) is 1. The van der Waals surface area contributed by atoms with E-state index in [4.69, 9.17) is 15.6 Å². The van der Waals surface area contributed by atoms with Crippen LogP contribution in [-0.2, 0) is 16.4 Å². The normalized spacial score (nSPS) is 11.7. The Hall–Kier alpha value is -4.17. The van der Waals surface area contributed by atoms with Crippen LogP contribution in [0.25, 0.3) is 21.9 Å². The van der Waals surface area contributed by atoms with Crippen LogP contribution in [-0.4, -0.2) is 19.2 Å². The summed E-state index contributed by atoms with van der Waals surface area (Å²) in [5, 5.41) is 9.19. The zero-order valence-electron chi connectivity index (χ0n) is 18.4. The summed E-state index contributed by atoms with van der Waals surface area (Å²) in [5.41, 5.74) is 9.65. The number of amidine groups is 1. The molecule has 0 aliphatic rings. The molecular weight excluding hydrogens is 448 g/mol. The van der Waals surface area contributed by atoms with Gasteiger partial charge in [0.25, 0.3) is 10.0 Å². The Morgan fingerprint density at radius 3 is 2.59 bits per heavy atom. The molecule has 34 heavy (non-hydrogen) atoms. The van der Waals surface area contributed by atoms with Gasteiger partial charge in [-0.1, -0.05) is 42.5 Å². The summed E-state index contributed by atoms with van der Waals surface area (Å²) in [6.07, 6.45) is 2.15. The van der Waals surface area contributed by atoms with E-state index in [9.17, 15) is 8.42 Å². The number of benzene rings is 3. The molecule has 8 heteroatoms. The van der Waals surface area contributed by atoms with Crippen molar-refractivity contribution >= 4 is 43.4 Å². The van der Waals surface area contributed by atoms with Crippen molar-refractivity contribution in [2.45, 2.75) is 18.2 Å². The minimum atomic E-state index is -3.85. The quantitative estimate of drug-likeness (QED) is 0.239. The molecular formula is C26H22N4O3S. The van der Waals surface area contributed by atoms with Crippen molar-refractivity contribution in [1.29, 1.82) is 5.41 Å². The lowest BCUT2D eigenvalue weighted by Gasteiger charge is -2.10. The van der Waals surface area contributed by atoms with Gasteiger partial charge in [-0.25, -0.2) is 8.42 Å². The summed E-state index contributed by atoms with van der Waals surface area (Å²) in [6, 6.07) is 21.4. The van der Waals surface area contributed by atoms with Crippen LogP contribution in [0.1, 0.15) is 22.5 Å². The van der Waals surface area contributed by atoms with Crippen LogP contribution in [0.15, 0.2) is 88.3 Å². The lowest BCUT2D eigenvalue weighted by molar-refractivity contribution is 0.559. The van der Waals surface area contributed by atoms with Crippen molar-refractivity contribution in [3.63, 3.8) is 0 Å². The zero-order valence-corrected chi connectivity index (χ0v) is 19.2. The van der Waals surface area contributed by atoms with Gasteiger partial charge in [-0.05, 0) is 42.3 Å². The van der Waals surface area contributed by atoms with Crippen molar-refractivity contribution in [1.82, 2.24) is 4.98 Å². The molecule has 0 fully saturated rings. The first kappa shape index (κ1) is 21.7. The number of sulfonamides is 1. The minimum absolute atomic E-state index is 0.0285. The number of nitrogens with one attached hydrogen (secondary N) is 2. The van der Waals surface area contributed by atoms with Gasteiger partial charge in [0.2, 0.25) is 0 Å². The van der Waals surface area contributed by atoms with E-state index in [0.717, 1.165) is 27.7 Å². The highest BCUT2D eigenvalue weighted by atomic mass is 32.2. The second-order valence-electron chi connectivity index (χ2n) is 8.09. The third-order valence-corrected chi connectivity index (χ3v) is 7.22. The minimum Gasteiger partial charge on any atom is -0.460 e. The maximum Gasteiger partial charge on any atom is 0.264 e. The van der Waals surface area contributed by atoms with E-state index in [2.05, 4.69) is 9.71 Å². The molecule has 5 aromatic rings. The van der Waals surface area contributed by atoms with Crippen LogP contribution in [0.5, 0.6) is 0 Å². The number of nitrogens with two attached hydrogens (primary N) is 1. The number of para-hydroxylation sites is 1. The Balaban J connectivity index is 1.44. The van der Waals surface area contributed by atoms with Crippen LogP contribution in [0.3, 0.4) is 0 Å². The van der Waals surface area contributed by atoms with Gasteiger partial charge in [-0.2, -0.15) is 0 Å². The van der Waals surface area contributed by atoms with E-state index in [1.165, 1.54) is 0 Å². The Bertz CT molecular complexity index is 1650. The smallest absolute Gasteiger partial charge is 0.264 e. The third-order valence-electron chi connectivity index (χ3n) is 5.80. The average molecular weight is 471 g/mol. The molecule has 0 bridgehead atoms. The van der Waals surface area contributed by atoms with Gasteiger partial charge in [-0.15, -0.1) is 0 Å². The maximum atomic E-state index is 13.1. The molecule has 0 aliphatic heterocycles. The topological polar surface area (TPSA) is 122 Å². The number of fused-ring (bicyclic) bond motifs is 2. The SMILES string of the molecule is Cc1c(Cc2ccc(C(=N)N)cc2)oc2cc(NS(=O)(=O)c3cccc4cccnc34)ccc12. The molecule has 0 spiro atoms. The standard InChI is InChI=1S/C26H22N4O3S/c1-16-21-12-11-20(30-34(31,32)24-6-2-4-18-5-3-13-29-25(18)24)15-23(21)33-22(16)14-17-7-9-19(10-8-17)26(27)28/h2-13,15,30H,14H2,1H3,(H3,27,28). The maximum absolute atomic E-state index is 13.1. The number of hydrogen-bond acceptors (Lipinski definition) is 5. The molecule has 0 radical (unpaired) electrons. The monoisotopic (exact) mass is 470 g/mol. The fraction of sp³-hybridized carbons (Fsp3) is 0.0769. The summed E-state index contributed by atoms with van der Waals surface area (Å²) in [7, 11) is -3.85. The molecule has 4 N–H and O–H groups in total. The van der Waals surface area contributed by atoms with Gasteiger partial charge in [-0.3, -0.25) is 15.1 Å². The Labute approximate surface area is 196 Å². The predicted molar refractivity (Wildman–Crippen MR) is 134 cm³/mol. The highest BCUT2D eigenvalue weighted by molar-refractivity contribution is 7.93. The number of rotatable bonds is 6. The Morgan fingerprint density at radius 1 is 1.06 bits per heavy atom. The molecule has 0 atom stereocenters. The summed E-state index contributed by atoms with van der Waals surface area (Å²) >= 11 is 0. The van der Waals surface area contributed by atoms with Crippen LogP contribution < -0.4 is 10.5 Å². The first-order valence-corrected chi connectivity index (χ1v) is 12.1. The van der Waals surface area contributed by atoms with Crippen LogP contribution in [0.4, 0.5) is 5.69 Å². The molecule has 0 unspecified atom stereocenters. The third kappa shape index (κ3) is 3.99. The summed E-state index contributed by atoms with van der Waals surface area (Å²) < 4.78 is 35.0. The molecule has 2 heterocycles. The summed E-state index contributed by atoms with van der Waals surface area (Å²) in [5.74, 6) is 0.824. The fourth-order valence-electron chi connectivity index (χ4n) is 4.00. The molecule has 0 saturated heterocycles. The number of pyridine rings is 1. The van der Waals surface area contributed by atoms with E-state index < -0.39 is 10.0 Å². The van der Waals surface area contributed by atoms with Gasteiger partial charge in [0.1, 0.15) is 22.1 Å². The molecule has 3 aromatic carbocycles. The van der Waals surface area contributed by atoms with Gasteiger partial charge in [0, 0.05) is 35.0 Å². The first-order chi connectivity index (χ1) is 16.3. The zero-order chi connectivity index (χ0) is 23.9. The fourth-order valence-corrected chi connectivity index (χ4v) is 5.23. The van der Waals surface area contributed by atoms with Gasteiger partial charge >= 0.3 is 0 Å².